The van der Waals surface area contributed by atoms with Gasteiger partial charge in [0.05, 0.1) is 8.07 Å². The van der Waals surface area contributed by atoms with Crippen molar-refractivity contribution in [1.29, 1.82) is 0 Å². The topological polar surface area (TPSA) is 0 Å². The molecule has 11 heavy (non-hydrogen) atoms. The third kappa shape index (κ3) is 9.74. The summed E-state index contributed by atoms with van der Waals surface area (Å²) in [6, 6.07) is 0. The highest BCUT2D eigenvalue weighted by Gasteiger charge is 2.06. The van der Waals surface area contributed by atoms with Crippen molar-refractivity contribution in [2.75, 3.05) is 0 Å². The number of hydrogen-bond acceptors (Lipinski definition) is 0. The molecule has 0 nitrogen and oxygen atoms in total. The first-order valence-corrected chi connectivity index (χ1v) is 7.90. The maximum absolute atomic E-state index is 3.31. The van der Waals surface area contributed by atoms with E-state index in [4.69, 9.17) is 0 Å². The van der Waals surface area contributed by atoms with Gasteiger partial charge in [-0.2, -0.15) is 0 Å². The minimum absolute atomic E-state index is 1.11. The second-order valence-corrected chi connectivity index (χ2v) is 8.62. The third-order valence-corrected chi connectivity index (χ3v) is 2.15. The van der Waals surface area contributed by atoms with Gasteiger partial charge in [-0.3, -0.25) is 0 Å². The van der Waals surface area contributed by atoms with Crippen LogP contribution in [0.4, 0.5) is 0 Å². The molecule has 63 valence electrons. The molecule has 0 unspecified atom stereocenters. The Morgan fingerprint density at radius 3 is 2.36 bits per heavy atom. The fourth-order valence-electron chi connectivity index (χ4n) is 0.646. The SMILES string of the molecule is CCCCC=C=[C][Si](C)(C)C. The molecule has 0 rings (SSSR count). The Morgan fingerprint density at radius 2 is 1.91 bits per heavy atom. The van der Waals surface area contributed by atoms with Gasteiger partial charge in [-0.25, -0.2) is 0 Å². The molecule has 0 saturated heterocycles. The fraction of sp³-hybridized carbons (Fsp3) is 0.700. The van der Waals surface area contributed by atoms with Crippen LogP contribution in [-0.4, -0.2) is 8.07 Å². The first-order valence-electron chi connectivity index (χ1n) is 4.40. The minimum atomic E-state index is -1.11. The van der Waals surface area contributed by atoms with E-state index in [1.807, 2.05) is 0 Å². The molecule has 0 N–H and O–H groups in total. The summed E-state index contributed by atoms with van der Waals surface area (Å²) >= 11 is 0. The highest BCUT2D eigenvalue weighted by atomic mass is 28.3. The Labute approximate surface area is 72.0 Å². The van der Waals surface area contributed by atoms with Crippen molar-refractivity contribution in [3.8, 4) is 0 Å². The average molecular weight is 167 g/mol. The second kappa shape index (κ2) is 5.40. The number of hydrogen-bond donors (Lipinski definition) is 0. The zero-order valence-corrected chi connectivity index (χ0v) is 9.20. The van der Waals surface area contributed by atoms with E-state index in [0.29, 0.717) is 0 Å². The molecule has 0 aromatic carbocycles. The van der Waals surface area contributed by atoms with E-state index < -0.39 is 8.07 Å². The van der Waals surface area contributed by atoms with Crippen LogP contribution < -0.4 is 0 Å². The van der Waals surface area contributed by atoms with E-state index in [1.54, 1.807) is 0 Å². The van der Waals surface area contributed by atoms with Crippen molar-refractivity contribution in [3.05, 3.63) is 17.5 Å². The molecule has 0 aromatic heterocycles. The Hall–Kier alpha value is -0.263. The monoisotopic (exact) mass is 167 g/mol. The molecular formula is C10H19Si. The van der Waals surface area contributed by atoms with Crippen molar-refractivity contribution in [3.63, 3.8) is 0 Å². The summed E-state index contributed by atoms with van der Waals surface area (Å²) in [7, 11) is -1.11. The lowest BCUT2D eigenvalue weighted by Crippen LogP contribution is -2.15. The molecule has 0 spiro atoms. The van der Waals surface area contributed by atoms with Crippen LogP contribution in [0.3, 0.4) is 0 Å². The molecule has 0 aromatic rings. The summed E-state index contributed by atoms with van der Waals surface area (Å²) in [5, 5.41) is 0. The molecule has 0 bridgehead atoms. The molecule has 1 radical (unpaired) electrons. The summed E-state index contributed by atoms with van der Waals surface area (Å²) in [6.07, 6.45) is 5.82. The molecule has 0 aliphatic heterocycles. The summed E-state index contributed by atoms with van der Waals surface area (Å²) in [5.41, 5.74) is 6.46. The van der Waals surface area contributed by atoms with Crippen molar-refractivity contribution >= 4 is 8.07 Å². The lowest BCUT2D eigenvalue weighted by molar-refractivity contribution is 0.815. The average Bonchev–Trinajstić information content (AvgIpc) is 1.85. The Balaban J connectivity index is 3.64. The van der Waals surface area contributed by atoms with Crippen LogP contribution in [0.5, 0.6) is 0 Å². The van der Waals surface area contributed by atoms with E-state index in [0.717, 1.165) is 6.42 Å². The van der Waals surface area contributed by atoms with E-state index in [9.17, 15) is 0 Å². The lowest BCUT2D eigenvalue weighted by Gasteiger charge is -2.03. The van der Waals surface area contributed by atoms with Crippen molar-refractivity contribution in [1.82, 2.24) is 0 Å². The van der Waals surface area contributed by atoms with Gasteiger partial charge in [-0.1, -0.05) is 33.0 Å². The second-order valence-electron chi connectivity index (χ2n) is 3.87. The summed E-state index contributed by atoms with van der Waals surface area (Å²) in [6.45, 7) is 9.02. The summed E-state index contributed by atoms with van der Waals surface area (Å²) in [4.78, 5) is 0. The van der Waals surface area contributed by atoms with Gasteiger partial charge in [0.15, 0.2) is 0 Å². The van der Waals surface area contributed by atoms with Gasteiger partial charge in [0.1, 0.15) is 0 Å². The van der Waals surface area contributed by atoms with Crippen LogP contribution in [0.15, 0.2) is 11.8 Å². The van der Waals surface area contributed by atoms with Crippen molar-refractivity contribution in [2.24, 2.45) is 0 Å². The van der Waals surface area contributed by atoms with Crippen molar-refractivity contribution in [2.45, 2.75) is 45.8 Å². The predicted octanol–water partition coefficient (Wildman–Crippen LogP) is 3.57. The first-order chi connectivity index (χ1) is 5.06. The Morgan fingerprint density at radius 1 is 1.27 bits per heavy atom. The predicted molar refractivity (Wildman–Crippen MR) is 54.2 cm³/mol. The molecule has 0 aliphatic carbocycles. The van der Waals surface area contributed by atoms with Gasteiger partial charge in [0.25, 0.3) is 0 Å². The minimum Gasteiger partial charge on any atom is -0.126 e. The summed E-state index contributed by atoms with van der Waals surface area (Å²) in [5.74, 6) is 0. The van der Waals surface area contributed by atoms with Gasteiger partial charge in [-0.05, 0) is 24.6 Å². The van der Waals surface area contributed by atoms with E-state index in [2.05, 4.69) is 44.1 Å². The van der Waals surface area contributed by atoms with Crippen LogP contribution in [0.25, 0.3) is 0 Å². The van der Waals surface area contributed by atoms with E-state index in [1.165, 1.54) is 12.8 Å². The van der Waals surface area contributed by atoms with E-state index in [-0.39, 0.29) is 0 Å². The standard InChI is InChI=1S/C10H19Si/c1-5-6-7-8-9-10-11(2,3)4/h8H,5-7H2,1-4H3. The van der Waals surface area contributed by atoms with Crippen LogP contribution >= 0.6 is 0 Å². The van der Waals surface area contributed by atoms with Gasteiger partial charge in [-0.15, -0.1) is 5.73 Å². The number of rotatable bonds is 4. The summed E-state index contributed by atoms with van der Waals surface area (Å²) < 4.78 is 0. The van der Waals surface area contributed by atoms with E-state index >= 15 is 0 Å². The van der Waals surface area contributed by atoms with Crippen LogP contribution in [-0.2, 0) is 0 Å². The highest BCUT2D eigenvalue weighted by Crippen LogP contribution is 1.99. The number of unbranched alkanes of at least 4 members (excludes halogenated alkanes) is 2. The molecule has 1 heteroatoms. The Bertz CT molecular complexity index is 145. The van der Waals surface area contributed by atoms with Gasteiger partial charge in [0, 0.05) is 0 Å². The third-order valence-electron chi connectivity index (χ3n) is 1.25. The largest absolute Gasteiger partial charge is 0.126 e. The van der Waals surface area contributed by atoms with Gasteiger partial charge >= 0.3 is 0 Å². The number of allylic oxidation sites excluding steroid dienone is 1. The maximum Gasteiger partial charge on any atom is 0.0882 e. The fourth-order valence-corrected chi connectivity index (χ4v) is 1.18. The molecule has 0 heterocycles. The quantitative estimate of drug-likeness (QED) is 0.341. The Kier molecular flexibility index (Phi) is 5.27. The van der Waals surface area contributed by atoms with Gasteiger partial charge in [0.2, 0.25) is 0 Å². The maximum atomic E-state index is 3.31. The van der Waals surface area contributed by atoms with Gasteiger partial charge < -0.3 is 0 Å². The molecule has 0 fully saturated rings. The molecule has 0 aliphatic rings. The molecule has 0 atom stereocenters. The zero-order chi connectivity index (χ0) is 8.74. The van der Waals surface area contributed by atoms with Crippen LogP contribution in [0.2, 0.25) is 19.6 Å². The highest BCUT2D eigenvalue weighted by molar-refractivity contribution is 6.78. The lowest BCUT2D eigenvalue weighted by atomic mass is 10.2. The first kappa shape index (κ1) is 10.7. The smallest absolute Gasteiger partial charge is 0.0882 e. The zero-order valence-electron chi connectivity index (χ0n) is 8.20. The van der Waals surface area contributed by atoms with Crippen LogP contribution in [0.1, 0.15) is 26.2 Å². The van der Waals surface area contributed by atoms with Crippen LogP contribution in [0, 0.1) is 5.70 Å². The molecule has 0 amide bonds. The van der Waals surface area contributed by atoms with Crippen molar-refractivity contribution < 1.29 is 0 Å². The molecular weight excluding hydrogens is 148 g/mol. The molecule has 0 saturated carbocycles. The normalized spacial score (nSPS) is 10.5.